The molecule has 2 rings (SSSR count). The fraction of sp³-hybridized carbons (Fsp3) is 0.625. The second-order valence-corrected chi connectivity index (χ2v) is 7.07. The second kappa shape index (κ2) is 7.18. The number of rotatable bonds is 3. The van der Waals surface area contributed by atoms with Crippen LogP contribution < -0.4 is 5.32 Å². The van der Waals surface area contributed by atoms with E-state index in [4.69, 9.17) is 16.3 Å². The number of aromatic nitrogens is 1. The molecule has 1 saturated heterocycles. The van der Waals surface area contributed by atoms with Crippen LogP contribution in [0.5, 0.6) is 0 Å². The fourth-order valence-corrected chi connectivity index (χ4v) is 2.58. The maximum Gasteiger partial charge on any atom is 0.410 e. The molecule has 6 heteroatoms. The van der Waals surface area contributed by atoms with Crippen molar-refractivity contribution >= 4 is 23.4 Å². The normalized spacial score (nSPS) is 18.9. The van der Waals surface area contributed by atoms with Gasteiger partial charge in [-0.25, -0.2) is 9.78 Å². The number of ether oxygens (including phenoxy) is 1. The average Bonchev–Trinajstić information content (AvgIpc) is 2.45. The first-order chi connectivity index (χ1) is 10.3. The lowest BCUT2D eigenvalue weighted by atomic mass is 9.98. The number of nitrogens with zero attached hydrogens (tertiary/aromatic N) is 2. The second-order valence-electron chi connectivity index (χ2n) is 6.69. The molecule has 0 saturated carbocycles. The van der Waals surface area contributed by atoms with Crippen molar-refractivity contribution in [1.82, 2.24) is 9.88 Å². The minimum absolute atomic E-state index is 0.217. The van der Waals surface area contributed by atoms with Gasteiger partial charge in [0.05, 0.1) is 11.9 Å². The van der Waals surface area contributed by atoms with E-state index in [0.717, 1.165) is 38.2 Å². The molecule has 1 fully saturated rings. The van der Waals surface area contributed by atoms with E-state index in [2.05, 4.69) is 10.3 Å². The van der Waals surface area contributed by atoms with E-state index < -0.39 is 5.60 Å². The van der Waals surface area contributed by atoms with Gasteiger partial charge in [0, 0.05) is 19.6 Å². The van der Waals surface area contributed by atoms with E-state index in [0.29, 0.717) is 11.1 Å². The summed E-state index contributed by atoms with van der Waals surface area (Å²) in [4.78, 5) is 18.0. The van der Waals surface area contributed by atoms with E-state index in [-0.39, 0.29) is 6.09 Å². The first-order valence-electron chi connectivity index (χ1n) is 7.67. The van der Waals surface area contributed by atoms with Crippen LogP contribution in [0.25, 0.3) is 0 Å². The molecule has 1 aliphatic rings. The summed E-state index contributed by atoms with van der Waals surface area (Å²) in [5.41, 5.74) is 0.496. The fourth-order valence-electron chi connectivity index (χ4n) is 2.47. The van der Waals surface area contributed by atoms with Gasteiger partial charge in [0.2, 0.25) is 0 Å². The minimum Gasteiger partial charge on any atom is -0.444 e. The molecule has 1 unspecified atom stereocenters. The standard InChI is InChI=1S/C16H24ClN3O2/c1-16(2,3)22-15(21)20-8-4-5-12(11-20)9-18-13-6-7-14(17)19-10-13/h6-7,10,12,18H,4-5,8-9,11H2,1-3H3. The molecule has 0 aromatic carbocycles. The van der Waals surface area contributed by atoms with Gasteiger partial charge < -0.3 is 15.0 Å². The number of hydrogen-bond donors (Lipinski definition) is 1. The largest absolute Gasteiger partial charge is 0.444 e. The third kappa shape index (κ3) is 5.37. The Labute approximate surface area is 137 Å². The Balaban J connectivity index is 1.82. The van der Waals surface area contributed by atoms with Crippen LogP contribution >= 0.6 is 11.6 Å². The summed E-state index contributed by atoms with van der Waals surface area (Å²) in [7, 11) is 0. The van der Waals surface area contributed by atoms with Gasteiger partial charge in [-0.05, 0) is 51.7 Å². The van der Waals surface area contributed by atoms with Crippen LogP contribution in [0.2, 0.25) is 5.15 Å². The van der Waals surface area contributed by atoms with Gasteiger partial charge in [0.15, 0.2) is 0 Å². The maximum absolute atomic E-state index is 12.1. The number of nitrogens with one attached hydrogen (secondary N) is 1. The molecule has 2 heterocycles. The Morgan fingerprint density at radius 1 is 1.50 bits per heavy atom. The van der Waals surface area contributed by atoms with Crippen LogP contribution in [0.4, 0.5) is 10.5 Å². The van der Waals surface area contributed by atoms with Gasteiger partial charge in [-0.1, -0.05) is 11.6 Å². The van der Waals surface area contributed by atoms with Crippen LogP contribution in [0.15, 0.2) is 18.3 Å². The Morgan fingerprint density at radius 3 is 2.91 bits per heavy atom. The number of anilines is 1. The summed E-state index contributed by atoms with van der Waals surface area (Å²) in [5.74, 6) is 0.414. The minimum atomic E-state index is -0.447. The Bertz CT molecular complexity index is 499. The molecule has 0 radical (unpaired) electrons. The zero-order chi connectivity index (χ0) is 16.2. The lowest BCUT2D eigenvalue weighted by molar-refractivity contribution is 0.0172. The molecule has 22 heavy (non-hydrogen) atoms. The van der Waals surface area contributed by atoms with Crippen molar-refractivity contribution in [2.45, 2.75) is 39.2 Å². The SMILES string of the molecule is CC(C)(C)OC(=O)N1CCCC(CNc2ccc(Cl)nc2)C1. The molecule has 1 aromatic heterocycles. The van der Waals surface area contributed by atoms with Crippen molar-refractivity contribution in [2.24, 2.45) is 5.92 Å². The third-order valence-electron chi connectivity index (χ3n) is 3.49. The number of halogens is 1. The van der Waals surface area contributed by atoms with Crippen LogP contribution in [0, 0.1) is 5.92 Å². The molecular formula is C16H24ClN3O2. The van der Waals surface area contributed by atoms with Crippen molar-refractivity contribution in [1.29, 1.82) is 0 Å². The molecule has 5 nitrogen and oxygen atoms in total. The number of hydrogen-bond acceptors (Lipinski definition) is 4. The van der Waals surface area contributed by atoms with Crippen LogP contribution in [0.3, 0.4) is 0 Å². The van der Waals surface area contributed by atoms with Gasteiger partial charge in [-0.15, -0.1) is 0 Å². The topological polar surface area (TPSA) is 54.5 Å². The molecule has 1 N–H and O–H groups in total. The molecule has 1 aromatic rings. The van der Waals surface area contributed by atoms with Gasteiger partial charge >= 0.3 is 6.09 Å². The highest BCUT2D eigenvalue weighted by Crippen LogP contribution is 2.20. The maximum atomic E-state index is 12.1. The van der Waals surface area contributed by atoms with Crippen molar-refractivity contribution in [2.75, 3.05) is 25.0 Å². The van der Waals surface area contributed by atoms with Crippen LogP contribution in [-0.4, -0.2) is 41.2 Å². The zero-order valence-corrected chi connectivity index (χ0v) is 14.2. The molecule has 0 aliphatic carbocycles. The highest BCUT2D eigenvalue weighted by atomic mass is 35.5. The Kier molecular flexibility index (Phi) is 5.51. The third-order valence-corrected chi connectivity index (χ3v) is 3.72. The van der Waals surface area contributed by atoms with Gasteiger partial charge in [-0.3, -0.25) is 0 Å². The highest BCUT2D eigenvalue weighted by molar-refractivity contribution is 6.29. The monoisotopic (exact) mass is 325 g/mol. The highest BCUT2D eigenvalue weighted by Gasteiger charge is 2.27. The van der Waals surface area contributed by atoms with E-state index in [1.807, 2.05) is 26.8 Å². The van der Waals surface area contributed by atoms with Crippen molar-refractivity contribution in [3.8, 4) is 0 Å². The summed E-state index contributed by atoms with van der Waals surface area (Å²) in [6, 6.07) is 3.67. The van der Waals surface area contributed by atoms with Gasteiger partial charge in [-0.2, -0.15) is 0 Å². The molecular weight excluding hydrogens is 302 g/mol. The van der Waals surface area contributed by atoms with Crippen molar-refractivity contribution < 1.29 is 9.53 Å². The smallest absolute Gasteiger partial charge is 0.410 e. The molecule has 1 amide bonds. The summed E-state index contributed by atoms with van der Waals surface area (Å²) in [6.45, 7) is 7.98. The van der Waals surface area contributed by atoms with Crippen LogP contribution in [-0.2, 0) is 4.74 Å². The lowest BCUT2D eigenvalue weighted by Crippen LogP contribution is -2.44. The van der Waals surface area contributed by atoms with Crippen molar-refractivity contribution in [3.05, 3.63) is 23.5 Å². The number of likely N-dealkylation sites (tertiary alicyclic amines) is 1. The van der Waals surface area contributed by atoms with Gasteiger partial charge in [0.25, 0.3) is 0 Å². The molecule has 0 bridgehead atoms. The van der Waals surface area contributed by atoms with Crippen LogP contribution in [0.1, 0.15) is 33.6 Å². The quantitative estimate of drug-likeness (QED) is 0.859. The number of amides is 1. The summed E-state index contributed by atoms with van der Waals surface area (Å²) < 4.78 is 5.44. The predicted octanol–water partition coefficient (Wildman–Crippen LogP) is 3.79. The summed E-state index contributed by atoms with van der Waals surface area (Å²) in [5, 5.41) is 3.83. The molecule has 1 aliphatic heterocycles. The summed E-state index contributed by atoms with van der Waals surface area (Å²) >= 11 is 5.77. The van der Waals surface area contributed by atoms with Crippen molar-refractivity contribution in [3.63, 3.8) is 0 Å². The molecule has 0 spiro atoms. The van der Waals surface area contributed by atoms with E-state index in [1.54, 1.807) is 17.2 Å². The predicted molar refractivity (Wildman–Crippen MR) is 88.3 cm³/mol. The summed E-state index contributed by atoms with van der Waals surface area (Å²) in [6.07, 6.45) is 3.61. The first kappa shape index (κ1) is 16.9. The number of carbonyl (C=O) groups excluding carboxylic acids is 1. The Hall–Kier alpha value is -1.49. The zero-order valence-electron chi connectivity index (χ0n) is 13.4. The van der Waals surface area contributed by atoms with E-state index in [1.165, 1.54) is 0 Å². The van der Waals surface area contributed by atoms with Gasteiger partial charge in [0.1, 0.15) is 10.8 Å². The Morgan fingerprint density at radius 2 is 2.27 bits per heavy atom. The molecule has 122 valence electrons. The number of piperidine rings is 1. The number of pyridine rings is 1. The first-order valence-corrected chi connectivity index (χ1v) is 8.04. The molecule has 1 atom stereocenters. The van der Waals surface area contributed by atoms with E-state index in [9.17, 15) is 4.79 Å². The lowest BCUT2D eigenvalue weighted by Gasteiger charge is -2.34. The number of carbonyl (C=O) groups is 1. The van der Waals surface area contributed by atoms with E-state index >= 15 is 0 Å². The average molecular weight is 326 g/mol.